The summed E-state index contributed by atoms with van der Waals surface area (Å²) in [6, 6.07) is 22.7. The summed E-state index contributed by atoms with van der Waals surface area (Å²) in [6.07, 6.45) is 1.23. The minimum atomic E-state index is -1.82. The average molecular weight is 466 g/mol. The zero-order valence-electron chi connectivity index (χ0n) is 19.1. The number of amides is 1. The second kappa shape index (κ2) is 9.63. The van der Waals surface area contributed by atoms with Gasteiger partial charge < -0.3 is 20.1 Å². The summed E-state index contributed by atoms with van der Waals surface area (Å²) in [4.78, 5) is 14.5. The van der Waals surface area contributed by atoms with E-state index in [0.29, 0.717) is 16.9 Å². The van der Waals surface area contributed by atoms with Gasteiger partial charge in [0.05, 0.1) is 30.5 Å². The normalized spacial score (nSPS) is 20.4. The fraction of sp³-hybridized carbons (Fsp3) is 0.259. The van der Waals surface area contributed by atoms with E-state index < -0.39 is 23.3 Å². The number of hydrogen-bond acceptors (Lipinski definition) is 7. The molecule has 0 unspecified atom stereocenters. The van der Waals surface area contributed by atoms with E-state index in [0.717, 1.165) is 5.56 Å². The lowest BCUT2D eigenvalue weighted by Gasteiger charge is -2.45. The molecule has 0 fully saturated rings. The number of nitrogens with two attached hydrogens (primary N) is 1. The Balaban J connectivity index is 1.76. The molecule has 0 spiro atoms. The van der Waals surface area contributed by atoms with Gasteiger partial charge in [0.2, 0.25) is 0 Å². The molecule has 0 saturated carbocycles. The molecule has 0 bridgehead atoms. The number of carbonyl (C=O) groups is 1. The summed E-state index contributed by atoms with van der Waals surface area (Å²) in [5.41, 5.74) is 6.64. The Morgan fingerprint density at radius 3 is 2.46 bits per heavy atom. The number of fused-ring (bicyclic) bond motifs is 1. The number of allylic oxidation sites excluding steroid dienone is 2. The van der Waals surface area contributed by atoms with E-state index in [4.69, 9.17) is 15.2 Å². The minimum absolute atomic E-state index is 0.0801. The van der Waals surface area contributed by atoms with Crippen molar-refractivity contribution in [3.63, 3.8) is 0 Å². The second-order valence-electron chi connectivity index (χ2n) is 8.36. The van der Waals surface area contributed by atoms with Gasteiger partial charge in [-0.2, -0.15) is 15.8 Å². The highest BCUT2D eigenvalue weighted by molar-refractivity contribution is 5.69. The SMILES string of the molecule is COc1ccccc1[C@@H]1[C@H]2CN(C(=O)OCc3ccccc3)CC=C2C(C#N)=C(N)C1(C#N)C#N. The molecular formula is C27H23N5O3. The first-order valence-corrected chi connectivity index (χ1v) is 11.0. The topological polar surface area (TPSA) is 136 Å². The van der Waals surface area contributed by atoms with Gasteiger partial charge in [-0.25, -0.2) is 4.79 Å². The van der Waals surface area contributed by atoms with E-state index in [2.05, 4.69) is 18.2 Å². The van der Waals surface area contributed by atoms with Crippen molar-refractivity contribution >= 4 is 6.09 Å². The summed E-state index contributed by atoms with van der Waals surface area (Å²) < 4.78 is 11.1. The van der Waals surface area contributed by atoms with E-state index in [1.54, 1.807) is 30.3 Å². The molecule has 0 saturated heterocycles. The van der Waals surface area contributed by atoms with E-state index >= 15 is 0 Å². The van der Waals surface area contributed by atoms with E-state index in [1.807, 2.05) is 30.3 Å². The van der Waals surface area contributed by atoms with E-state index in [1.165, 1.54) is 12.0 Å². The van der Waals surface area contributed by atoms with Crippen LogP contribution in [-0.4, -0.2) is 31.2 Å². The third-order valence-electron chi connectivity index (χ3n) is 6.60. The number of hydrogen-bond donors (Lipinski definition) is 1. The molecule has 1 aliphatic carbocycles. The van der Waals surface area contributed by atoms with E-state index in [9.17, 15) is 20.6 Å². The Hall–Kier alpha value is -4.74. The van der Waals surface area contributed by atoms with Gasteiger partial charge in [0.1, 0.15) is 18.4 Å². The molecular weight excluding hydrogens is 442 g/mol. The molecule has 8 heteroatoms. The Bertz CT molecular complexity index is 1310. The van der Waals surface area contributed by atoms with Crippen LogP contribution in [0.25, 0.3) is 0 Å². The highest BCUT2D eigenvalue weighted by atomic mass is 16.6. The molecule has 2 N–H and O–H groups in total. The van der Waals surface area contributed by atoms with Crippen LogP contribution in [0.5, 0.6) is 5.75 Å². The zero-order valence-corrected chi connectivity index (χ0v) is 19.1. The number of nitriles is 3. The van der Waals surface area contributed by atoms with Gasteiger partial charge in [0.15, 0.2) is 5.41 Å². The maximum atomic E-state index is 12.9. The summed E-state index contributed by atoms with van der Waals surface area (Å²) in [5.74, 6) is -0.837. The Labute approximate surface area is 203 Å². The van der Waals surface area contributed by atoms with Crippen molar-refractivity contribution in [1.29, 1.82) is 15.8 Å². The fourth-order valence-electron chi connectivity index (χ4n) is 4.91. The quantitative estimate of drug-likeness (QED) is 0.726. The fourth-order valence-corrected chi connectivity index (χ4v) is 4.91. The summed E-state index contributed by atoms with van der Waals surface area (Å²) in [6.45, 7) is 0.471. The van der Waals surface area contributed by atoms with Gasteiger partial charge in [-0.15, -0.1) is 0 Å². The number of carbonyl (C=O) groups excluding carboxylic acids is 1. The van der Waals surface area contributed by atoms with Crippen molar-refractivity contribution in [3.8, 4) is 24.0 Å². The van der Waals surface area contributed by atoms with E-state index in [-0.39, 0.29) is 31.0 Å². The molecule has 1 heterocycles. The molecule has 2 aromatic rings. The third kappa shape index (κ3) is 3.94. The van der Waals surface area contributed by atoms with Crippen LogP contribution in [0.4, 0.5) is 4.79 Å². The van der Waals surface area contributed by atoms with Gasteiger partial charge in [-0.1, -0.05) is 54.6 Å². The monoisotopic (exact) mass is 465 g/mol. The Morgan fingerprint density at radius 1 is 1.11 bits per heavy atom. The lowest BCUT2D eigenvalue weighted by Crippen LogP contribution is -2.49. The molecule has 0 aromatic heterocycles. The molecule has 2 aliphatic rings. The first-order valence-electron chi connectivity index (χ1n) is 11.0. The Morgan fingerprint density at radius 2 is 1.80 bits per heavy atom. The molecule has 2 aromatic carbocycles. The van der Waals surface area contributed by atoms with Crippen LogP contribution in [0.2, 0.25) is 0 Å². The minimum Gasteiger partial charge on any atom is -0.496 e. The summed E-state index contributed by atoms with van der Waals surface area (Å²) >= 11 is 0. The van der Waals surface area contributed by atoms with Gasteiger partial charge >= 0.3 is 6.09 Å². The maximum Gasteiger partial charge on any atom is 0.410 e. The van der Waals surface area contributed by atoms with Crippen molar-refractivity contribution in [2.75, 3.05) is 20.2 Å². The first-order chi connectivity index (χ1) is 17.0. The summed E-state index contributed by atoms with van der Waals surface area (Å²) in [7, 11) is 1.51. The molecule has 1 amide bonds. The van der Waals surface area contributed by atoms with Crippen molar-refractivity contribution in [3.05, 3.63) is 88.6 Å². The molecule has 8 nitrogen and oxygen atoms in total. The highest BCUT2D eigenvalue weighted by Crippen LogP contribution is 2.55. The van der Waals surface area contributed by atoms with Crippen LogP contribution in [0.15, 0.2) is 77.5 Å². The summed E-state index contributed by atoms with van der Waals surface area (Å²) in [5, 5.41) is 30.4. The number of para-hydroxylation sites is 1. The first kappa shape index (κ1) is 23.4. The maximum absolute atomic E-state index is 12.9. The predicted octanol–water partition coefficient (Wildman–Crippen LogP) is 3.76. The van der Waals surface area contributed by atoms with Gasteiger partial charge in [0.25, 0.3) is 0 Å². The van der Waals surface area contributed by atoms with Gasteiger partial charge in [0, 0.05) is 30.5 Å². The molecule has 1 aliphatic heterocycles. The van der Waals surface area contributed by atoms with Crippen LogP contribution in [0.1, 0.15) is 17.0 Å². The van der Waals surface area contributed by atoms with Crippen LogP contribution in [0.3, 0.4) is 0 Å². The number of nitrogens with zero attached hydrogens (tertiary/aromatic N) is 4. The van der Waals surface area contributed by atoms with Crippen molar-refractivity contribution in [2.45, 2.75) is 12.5 Å². The molecule has 4 rings (SSSR count). The largest absolute Gasteiger partial charge is 0.496 e. The van der Waals surface area contributed by atoms with Gasteiger partial charge in [-0.05, 0) is 17.2 Å². The van der Waals surface area contributed by atoms with Crippen LogP contribution >= 0.6 is 0 Å². The van der Waals surface area contributed by atoms with Crippen molar-refractivity contribution in [1.82, 2.24) is 4.90 Å². The second-order valence-corrected chi connectivity index (χ2v) is 8.36. The third-order valence-corrected chi connectivity index (χ3v) is 6.60. The Kier molecular flexibility index (Phi) is 6.44. The molecule has 2 atom stereocenters. The van der Waals surface area contributed by atoms with Crippen molar-refractivity contribution in [2.24, 2.45) is 17.1 Å². The van der Waals surface area contributed by atoms with Crippen molar-refractivity contribution < 1.29 is 14.3 Å². The number of methoxy groups -OCH3 is 1. The highest BCUT2D eigenvalue weighted by Gasteiger charge is 2.55. The average Bonchev–Trinajstić information content (AvgIpc) is 2.91. The van der Waals surface area contributed by atoms with Crippen LogP contribution < -0.4 is 10.5 Å². The molecule has 0 radical (unpaired) electrons. The lowest BCUT2D eigenvalue weighted by molar-refractivity contribution is 0.0897. The standard InChI is InChI=1S/C27H23N5O3/c1-34-23-10-6-5-9-20(23)24-22-14-32(26(33)35-15-18-7-3-2-4-8-18)12-11-19(22)21(13-28)25(31)27(24,16-29)17-30/h2-11,22,24H,12,14-15,31H2,1H3/t22-,24+/m0/s1. The molecule has 35 heavy (non-hydrogen) atoms. The van der Waals surface area contributed by atoms with Crippen LogP contribution in [0, 0.1) is 45.3 Å². The smallest absolute Gasteiger partial charge is 0.410 e. The van der Waals surface area contributed by atoms with Gasteiger partial charge in [-0.3, -0.25) is 0 Å². The number of benzene rings is 2. The lowest BCUT2D eigenvalue weighted by atomic mass is 9.58. The predicted molar refractivity (Wildman–Crippen MR) is 126 cm³/mol. The number of rotatable bonds is 4. The number of ether oxygens (including phenoxy) is 2. The molecule has 174 valence electrons. The zero-order chi connectivity index (χ0) is 25.0. The van der Waals surface area contributed by atoms with Crippen LogP contribution in [-0.2, 0) is 11.3 Å².